The Hall–Kier alpha value is -0.200. The van der Waals surface area contributed by atoms with Crippen LogP contribution in [-0.4, -0.2) is 46.0 Å². The molecule has 0 aromatic heterocycles. The molecule has 0 aliphatic carbocycles. The van der Waals surface area contributed by atoms with Gasteiger partial charge in [-0.25, -0.2) is 0 Å². The summed E-state index contributed by atoms with van der Waals surface area (Å²) < 4.78 is 4.87. The zero-order valence-electron chi connectivity index (χ0n) is 6.27. The van der Waals surface area contributed by atoms with Crippen LogP contribution in [0.1, 0.15) is 6.92 Å². The van der Waals surface area contributed by atoms with Crippen LogP contribution in [0.2, 0.25) is 0 Å². The molecule has 1 aliphatic heterocycles. The number of hydrogen-bond acceptors (Lipinski definition) is 5. The molecule has 0 spiro atoms. The van der Waals surface area contributed by atoms with Crippen LogP contribution in [0, 0.1) is 0 Å². The van der Waals surface area contributed by atoms with Crippen LogP contribution in [0.15, 0.2) is 0 Å². The van der Waals surface area contributed by atoms with E-state index in [-0.39, 0.29) is 6.61 Å². The molecule has 4 atom stereocenters. The fraction of sp³-hybridized carbons (Fsp3) is 1.00. The van der Waals surface area contributed by atoms with Crippen LogP contribution >= 0.6 is 0 Å². The molecule has 1 saturated heterocycles. The van der Waals surface area contributed by atoms with Crippen molar-refractivity contribution in [2.45, 2.75) is 31.0 Å². The summed E-state index contributed by atoms with van der Waals surface area (Å²) in [4.78, 5) is 0. The Labute approximate surface area is 64.4 Å². The molecule has 5 heteroatoms. The summed E-state index contributed by atoms with van der Waals surface area (Å²) in [5, 5.41) is 27.4. The predicted molar refractivity (Wildman–Crippen MR) is 36.6 cm³/mol. The van der Waals surface area contributed by atoms with Crippen LogP contribution in [0.25, 0.3) is 0 Å². The van der Waals surface area contributed by atoms with Gasteiger partial charge in [0.2, 0.25) is 0 Å². The quantitative estimate of drug-likeness (QED) is 0.328. The minimum atomic E-state index is -1.83. The van der Waals surface area contributed by atoms with Gasteiger partial charge in [-0.3, -0.25) is 5.73 Å². The summed E-state index contributed by atoms with van der Waals surface area (Å²) >= 11 is 0. The smallest absolute Gasteiger partial charge is 0.171 e. The molecular formula is C6H13NO4. The number of hydrogen-bond donors (Lipinski definition) is 4. The molecule has 5 N–H and O–H groups in total. The molecule has 0 bridgehead atoms. The average Bonchev–Trinajstić information content (AvgIpc) is 2.08. The minimum Gasteiger partial charge on any atom is -0.391 e. The molecule has 0 radical (unpaired) electrons. The summed E-state index contributed by atoms with van der Waals surface area (Å²) in [5.41, 5.74) is 3.46. The maximum absolute atomic E-state index is 9.34. The van der Waals surface area contributed by atoms with Gasteiger partial charge in [-0.15, -0.1) is 0 Å². The first-order chi connectivity index (χ1) is 4.96. The summed E-state index contributed by atoms with van der Waals surface area (Å²) in [6.45, 7) is 1.41. The second-order valence-corrected chi connectivity index (χ2v) is 2.90. The van der Waals surface area contributed by atoms with Gasteiger partial charge in [0.1, 0.15) is 12.2 Å². The first-order valence-electron chi connectivity index (χ1n) is 3.45. The number of aliphatic hydroxyl groups excluding tert-OH is 2. The van der Waals surface area contributed by atoms with Crippen LogP contribution in [0.3, 0.4) is 0 Å². The van der Waals surface area contributed by atoms with Gasteiger partial charge < -0.3 is 20.1 Å². The van der Waals surface area contributed by atoms with Gasteiger partial charge in [0.25, 0.3) is 0 Å². The molecule has 0 amide bonds. The molecular weight excluding hydrogens is 150 g/mol. The van der Waals surface area contributed by atoms with Gasteiger partial charge in [0, 0.05) is 0 Å². The molecule has 0 aromatic carbocycles. The standard InChI is InChI=1S/C6H13NO4/c1-3(8)5-6(7,10)4(9)2-11-5/h3-5,8-10H,2,7H2,1H3/t3?,4-,5+,6-/m0/s1. The highest BCUT2D eigenvalue weighted by molar-refractivity contribution is 4.96. The Morgan fingerprint density at radius 2 is 2.27 bits per heavy atom. The third kappa shape index (κ3) is 1.38. The van der Waals surface area contributed by atoms with E-state index in [1.54, 1.807) is 0 Å². The maximum Gasteiger partial charge on any atom is 0.171 e. The molecule has 1 heterocycles. The number of aliphatic hydroxyl groups is 3. The van der Waals surface area contributed by atoms with Crippen molar-refractivity contribution in [2.24, 2.45) is 5.73 Å². The van der Waals surface area contributed by atoms with Gasteiger partial charge in [-0.2, -0.15) is 0 Å². The Morgan fingerprint density at radius 3 is 2.45 bits per heavy atom. The van der Waals surface area contributed by atoms with Crippen molar-refractivity contribution in [3.63, 3.8) is 0 Å². The van der Waals surface area contributed by atoms with Gasteiger partial charge in [-0.05, 0) is 6.92 Å². The Kier molecular flexibility index (Phi) is 2.17. The van der Waals surface area contributed by atoms with E-state index in [9.17, 15) is 5.11 Å². The van der Waals surface area contributed by atoms with Crippen LogP contribution in [0.5, 0.6) is 0 Å². The van der Waals surface area contributed by atoms with Crippen molar-refractivity contribution in [1.29, 1.82) is 0 Å². The van der Waals surface area contributed by atoms with Crippen molar-refractivity contribution in [1.82, 2.24) is 0 Å². The van der Waals surface area contributed by atoms with E-state index >= 15 is 0 Å². The molecule has 0 saturated carbocycles. The van der Waals surface area contributed by atoms with Crippen molar-refractivity contribution < 1.29 is 20.1 Å². The average molecular weight is 163 g/mol. The SMILES string of the molecule is CC(O)[C@H]1OC[C@H](O)[C@]1(N)O. The summed E-state index contributed by atoms with van der Waals surface area (Å²) in [6, 6.07) is 0. The highest BCUT2D eigenvalue weighted by atomic mass is 16.6. The van der Waals surface area contributed by atoms with Gasteiger partial charge in [-0.1, -0.05) is 0 Å². The van der Waals surface area contributed by atoms with Crippen molar-refractivity contribution in [3.05, 3.63) is 0 Å². The van der Waals surface area contributed by atoms with Gasteiger partial charge in [0.05, 0.1) is 12.7 Å². The monoisotopic (exact) mass is 163 g/mol. The Bertz CT molecular complexity index is 148. The zero-order valence-corrected chi connectivity index (χ0v) is 6.27. The molecule has 1 unspecified atom stereocenters. The van der Waals surface area contributed by atoms with E-state index in [1.807, 2.05) is 0 Å². The molecule has 1 aliphatic rings. The second kappa shape index (κ2) is 2.69. The third-order valence-electron chi connectivity index (χ3n) is 1.86. The number of ether oxygens (including phenoxy) is 1. The van der Waals surface area contributed by atoms with E-state index in [0.29, 0.717) is 0 Å². The summed E-state index contributed by atoms with van der Waals surface area (Å²) in [6.07, 6.45) is -2.92. The van der Waals surface area contributed by atoms with Crippen LogP contribution < -0.4 is 5.73 Å². The van der Waals surface area contributed by atoms with E-state index in [1.165, 1.54) is 6.92 Å². The fourth-order valence-electron chi connectivity index (χ4n) is 1.18. The fourth-order valence-corrected chi connectivity index (χ4v) is 1.18. The maximum atomic E-state index is 9.34. The summed E-state index contributed by atoms with van der Waals surface area (Å²) in [7, 11) is 0. The normalized spacial score (nSPS) is 47.7. The van der Waals surface area contributed by atoms with Crippen molar-refractivity contribution in [2.75, 3.05) is 6.61 Å². The van der Waals surface area contributed by atoms with Gasteiger partial charge >= 0.3 is 0 Å². The molecule has 11 heavy (non-hydrogen) atoms. The van der Waals surface area contributed by atoms with Crippen molar-refractivity contribution >= 4 is 0 Å². The van der Waals surface area contributed by atoms with E-state index in [2.05, 4.69) is 0 Å². The lowest BCUT2D eigenvalue weighted by Crippen LogP contribution is -2.58. The third-order valence-corrected chi connectivity index (χ3v) is 1.86. The molecule has 66 valence electrons. The van der Waals surface area contributed by atoms with E-state index in [4.69, 9.17) is 20.7 Å². The predicted octanol–water partition coefficient (Wildman–Crippen LogP) is -2.23. The van der Waals surface area contributed by atoms with Gasteiger partial charge in [0.15, 0.2) is 5.72 Å². The molecule has 1 fully saturated rings. The molecule has 0 aromatic rings. The summed E-state index contributed by atoms with van der Waals surface area (Å²) in [5.74, 6) is 0. The van der Waals surface area contributed by atoms with E-state index in [0.717, 1.165) is 0 Å². The molecule has 5 nitrogen and oxygen atoms in total. The highest BCUT2D eigenvalue weighted by Gasteiger charge is 2.48. The number of nitrogens with two attached hydrogens (primary N) is 1. The number of rotatable bonds is 1. The van der Waals surface area contributed by atoms with E-state index < -0.39 is 24.0 Å². The Morgan fingerprint density at radius 1 is 1.73 bits per heavy atom. The lowest BCUT2D eigenvalue weighted by molar-refractivity contribution is -0.110. The first kappa shape index (κ1) is 8.89. The Balaban J connectivity index is 2.70. The second-order valence-electron chi connectivity index (χ2n) is 2.90. The highest BCUT2D eigenvalue weighted by Crippen LogP contribution is 2.23. The largest absolute Gasteiger partial charge is 0.391 e. The van der Waals surface area contributed by atoms with Crippen molar-refractivity contribution in [3.8, 4) is 0 Å². The minimum absolute atomic E-state index is 0.0391. The lowest BCUT2D eigenvalue weighted by Gasteiger charge is -2.27. The first-order valence-corrected chi connectivity index (χ1v) is 3.45. The zero-order chi connectivity index (χ0) is 8.65. The van der Waals surface area contributed by atoms with Crippen LogP contribution in [0.4, 0.5) is 0 Å². The molecule has 1 rings (SSSR count). The topological polar surface area (TPSA) is 95.9 Å². The lowest BCUT2D eigenvalue weighted by atomic mass is 10.0. The van der Waals surface area contributed by atoms with Crippen LogP contribution in [-0.2, 0) is 4.74 Å².